The van der Waals surface area contributed by atoms with Gasteiger partial charge in [-0.3, -0.25) is 14.5 Å². The van der Waals surface area contributed by atoms with E-state index in [0.717, 1.165) is 24.3 Å². The number of nitriles is 1. The van der Waals surface area contributed by atoms with Gasteiger partial charge in [-0.2, -0.15) is 50.6 Å². The number of rotatable bonds is 9. The second-order valence-electron chi connectivity index (χ2n) is 11.9. The number of benzene rings is 1. The van der Waals surface area contributed by atoms with E-state index >= 15 is 0 Å². The van der Waals surface area contributed by atoms with Gasteiger partial charge in [-0.15, -0.1) is 0 Å². The molecule has 0 spiro atoms. The SMILES string of the molecule is Cn1nc(C(F)(F)C(F)(F)F)c(C(F)(F)F)c1-n1cc(-c2ccc(Cl)c(C(=O)N(COC(=O)OC3CCC(C(=O)O)CC3)C3(C#N)CC3)c2)cn1. The van der Waals surface area contributed by atoms with E-state index in [-0.39, 0.29) is 64.9 Å². The molecule has 1 N–H and O–H groups in total. The number of aryl methyl sites for hydroxylation is 1. The number of carbonyl (C=O) groups is 3. The summed E-state index contributed by atoms with van der Waals surface area (Å²) in [4.78, 5) is 38.4. The third kappa shape index (κ3) is 7.29. The molecule has 2 aliphatic rings. The predicted molar refractivity (Wildman–Crippen MR) is 155 cm³/mol. The summed E-state index contributed by atoms with van der Waals surface area (Å²) < 4.78 is 120. The van der Waals surface area contributed by atoms with Crippen molar-refractivity contribution < 1.29 is 64.1 Å². The summed E-state index contributed by atoms with van der Waals surface area (Å²) in [6.07, 6.45) is -10.6. The predicted octanol–water partition coefficient (Wildman–Crippen LogP) is 6.85. The van der Waals surface area contributed by atoms with Crippen LogP contribution in [0.25, 0.3) is 16.9 Å². The molecule has 0 radical (unpaired) electrons. The van der Waals surface area contributed by atoms with E-state index in [4.69, 9.17) is 26.2 Å². The van der Waals surface area contributed by atoms with Crippen molar-refractivity contribution in [1.29, 1.82) is 5.26 Å². The first-order valence-electron chi connectivity index (χ1n) is 14.9. The lowest BCUT2D eigenvalue weighted by Gasteiger charge is -2.28. The first kappa shape index (κ1) is 37.3. The fourth-order valence-corrected chi connectivity index (χ4v) is 5.85. The molecule has 2 aromatic heterocycles. The van der Waals surface area contributed by atoms with E-state index in [1.165, 1.54) is 18.2 Å². The maximum Gasteiger partial charge on any atom is 0.510 e. The smallest absolute Gasteiger partial charge is 0.481 e. The summed E-state index contributed by atoms with van der Waals surface area (Å²) in [6, 6.07) is 5.70. The van der Waals surface area contributed by atoms with E-state index in [1.807, 2.05) is 6.07 Å². The summed E-state index contributed by atoms with van der Waals surface area (Å²) in [5.74, 6) is -9.64. The Morgan fingerprint density at radius 3 is 2.27 bits per heavy atom. The molecule has 2 heterocycles. The van der Waals surface area contributed by atoms with Crippen LogP contribution in [0, 0.1) is 17.2 Å². The molecule has 51 heavy (non-hydrogen) atoms. The van der Waals surface area contributed by atoms with Crippen molar-refractivity contribution in [2.24, 2.45) is 13.0 Å². The highest BCUT2D eigenvalue weighted by atomic mass is 35.5. The lowest BCUT2D eigenvalue weighted by atomic mass is 9.87. The fraction of sp³-hybridized carbons (Fsp3) is 0.467. The number of ether oxygens (including phenoxy) is 2. The highest BCUT2D eigenvalue weighted by Crippen LogP contribution is 2.49. The number of carboxylic acid groups (broad SMARTS) is 1. The third-order valence-corrected chi connectivity index (χ3v) is 8.90. The number of amides is 1. The molecule has 0 atom stereocenters. The minimum Gasteiger partial charge on any atom is -0.481 e. The fourth-order valence-electron chi connectivity index (χ4n) is 5.65. The van der Waals surface area contributed by atoms with Crippen LogP contribution in [-0.2, 0) is 33.4 Å². The number of halogens is 9. The summed E-state index contributed by atoms with van der Waals surface area (Å²) in [7, 11) is 0.722. The van der Waals surface area contributed by atoms with Crippen LogP contribution in [-0.4, -0.2) is 72.1 Å². The molecule has 21 heteroatoms. The van der Waals surface area contributed by atoms with Gasteiger partial charge in [0.05, 0.1) is 28.8 Å². The van der Waals surface area contributed by atoms with Gasteiger partial charge in [0, 0.05) is 18.8 Å². The largest absolute Gasteiger partial charge is 0.510 e. The van der Waals surface area contributed by atoms with Crippen LogP contribution >= 0.6 is 11.6 Å². The number of nitrogens with zero attached hydrogens (tertiary/aromatic N) is 6. The molecule has 0 aliphatic heterocycles. The number of hydrogen-bond acceptors (Lipinski definition) is 8. The Balaban J connectivity index is 1.40. The monoisotopic (exact) mass is 752 g/mol. The molecule has 0 saturated heterocycles. The van der Waals surface area contributed by atoms with Crippen LogP contribution in [0.3, 0.4) is 0 Å². The van der Waals surface area contributed by atoms with Crippen molar-refractivity contribution in [3.63, 3.8) is 0 Å². The number of aromatic nitrogens is 4. The molecule has 274 valence electrons. The Bertz CT molecular complexity index is 1890. The highest BCUT2D eigenvalue weighted by Gasteiger charge is 2.64. The van der Waals surface area contributed by atoms with Gasteiger partial charge in [0.25, 0.3) is 5.91 Å². The van der Waals surface area contributed by atoms with Gasteiger partial charge in [0.2, 0.25) is 0 Å². The second kappa shape index (κ2) is 13.3. The molecule has 0 unspecified atom stereocenters. The van der Waals surface area contributed by atoms with Gasteiger partial charge in [0.15, 0.2) is 18.2 Å². The van der Waals surface area contributed by atoms with Crippen molar-refractivity contribution in [2.75, 3.05) is 6.73 Å². The molecule has 3 aromatic rings. The van der Waals surface area contributed by atoms with Crippen LogP contribution in [0.15, 0.2) is 30.6 Å². The summed E-state index contributed by atoms with van der Waals surface area (Å²) in [5, 5.41) is 25.4. The second-order valence-corrected chi connectivity index (χ2v) is 12.3. The topological polar surface area (TPSA) is 153 Å². The maximum absolute atomic E-state index is 14.2. The molecule has 5 rings (SSSR count). The Morgan fingerprint density at radius 2 is 1.73 bits per heavy atom. The normalized spacial score (nSPS) is 18.8. The zero-order chi connectivity index (χ0) is 37.7. The van der Waals surface area contributed by atoms with Crippen LogP contribution < -0.4 is 0 Å². The van der Waals surface area contributed by atoms with Crippen molar-refractivity contribution in [1.82, 2.24) is 24.5 Å². The number of alkyl halides is 8. The Hall–Kier alpha value is -4.93. The molecule has 0 bridgehead atoms. The first-order valence-corrected chi connectivity index (χ1v) is 15.3. The van der Waals surface area contributed by atoms with E-state index < -0.39 is 77.7 Å². The van der Waals surface area contributed by atoms with E-state index in [1.54, 1.807) is 0 Å². The van der Waals surface area contributed by atoms with Gasteiger partial charge in [0.1, 0.15) is 17.2 Å². The van der Waals surface area contributed by atoms with Gasteiger partial charge in [-0.1, -0.05) is 17.7 Å². The summed E-state index contributed by atoms with van der Waals surface area (Å²) >= 11 is 6.31. The standard InChI is InChI=1S/C30H25ClF8N6O6/c1-43-23(21(29(34,35)36)22(42-43)28(32,33)30(37,38)39)45-12-17(11-41-45)16-4-7-20(31)19(10-16)24(46)44(27(13-40)8-9-27)14-50-26(49)51-18-5-2-15(3-6-18)25(47)48/h4,7,10-12,15,18H,2-3,5-6,8-9,14H2,1H3,(H,47,48). The lowest BCUT2D eigenvalue weighted by molar-refractivity contribution is -0.292. The number of carboxylic acids is 1. The molecule has 1 aromatic carbocycles. The van der Waals surface area contributed by atoms with Crippen molar-refractivity contribution in [3.05, 3.63) is 52.4 Å². The van der Waals surface area contributed by atoms with Gasteiger partial charge >= 0.3 is 30.4 Å². The Kier molecular flexibility index (Phi) is 9.75. The van der Waals surface area contributed by atoms with Crippen LogP contribution in [0.4, 0.5) is 39.9 Å². The third-order valence-electron chi connectivity index (χ3n) is 8.57. The minimum atomic E-state index is -6.40. The van der Waals surface area contributed by atoms with Gasteiger partial charge < -0.3 is 14.6 Å². The molecular weight excluding hydrogens is 728 g/mol. The van der Waals surface area contributed by atoms with E-state index in [0.29, 0.717) is 4.68 Å². The lowest BCUT2D eigenvalue weighted by Crippen LogP contribution is -2.44. The highest BCUT2D eigenvalue weighted by molar-refractivity contribution is 6.34. The van der Waals surface area contributed by atoms with Gasteiger partial charge in [-0.25, -0.2) is 14.2 Å². The zero-order valence-corrected chi connectivity index (χ0v) is 26.8. The molecule has 2 saturated carbocycles. The minimum absolute atomic E-state index is 0.0374. The van der Waals surface area contributed by atoms with Crippen LogP contribution in [0.2, 0.25) is 5.02 Å². The van der Waals surface area contributed by atoms with Crippen molar-refractivity contribution in [3.8, 4) is 23.0 Å². The van der Waals surface area contributed by atoms with Crippen LogP contribution in [0.5, 0.6) is 0 Å². The Morgan fingerprint density at radius 1 is 1.08 bits per heavy atom. The van der Waals surface area contributed by atoms with Gasteiger partial charge in [-0.05, 0) is 56.2 Å². The quantitative estimate of drug-likeness (QED) is 0.141. The molecule has 2 fully saturated rings. The average Bonchev–Trinajstić information content (AvgIpc) is 3.51. The van der Waals surface area contributed by atoms with Crippen molar-refractivity contribution in [2.45, 2.75) is 68.4 Å². The number of carbonyl (C=O) groups excluding carboxylic acids is 2. The molecule has 2 aliphatic carbocycles. The molecule has 12 nitrogen and oxygen atoms in total. The summed E-state index contributed by atoms with van der Waals surface area (Å²) in [5.41, 5.74) is -6.54. The Labute approximate surface area is 287 Å². The summed E-state index contributed by atoms with van der Waals surface area (Å²) in [6.45, 7) is -0.750. The maximum atomic E-state index is 14.2. The van der Waals surface area contributed by atoms with Crippen LogP contribution in [0.1, 0.15) is 60.1 Å². The van der Waals surface area contributed by atoms with Crippen molar-refractivity contribution >= 4 is 29.6 Å². The van der Waals surface area contributed by atoms with E-state index in [9.17, 15) is 54.8 Å². The molecular formula is C30H25ClF8N6O6. The first-order chi connectivity index (χ1) is 23.7. The number of aliphatic carboxylic acids is 1. The average molecular weight is 753 g/mol. The zero-order valence-electron chi connectivity index (χ0n) is 26.1. The number of hydrogen-bond donors (Lipinski definition) is 1. The molecule has 1 amide bonds. The van der Waals surface area contributed by atoms with E-state index in [2.05, 4.69) is 10.2 Å².